The van der Waals surface area contributed by atoms with Crippen molar-refractivity contribution in [2.75, 3.05) is 0 Å². The molecule has 21 heavy (non-hydrogen) atoms. The maximum atomic E-state index is 12.5. The van der Waals surface area contributed by atoms with E-state index >= 15 is 0 Å². The summed E-state index contributed by atoms with van der Waals surface area (Å²) in [5.74, 6) is -0.0131. The molecule has 0 aliphatic rings. The molecule has 3 aromatic carbocycles. The minimum absolute atomic E-state index is 0.0131. The van der Waals surface area contributed by atoms with Gasteiger partial charge in [-0.25, -0.2) is 4.98 Å². The zero-order chi connectivity index (χ0) is 14.2. The Bertz CT molecular complexity index is 904. The second-order valence-electron chi connectivity index (χ2n) is 4.88. The molecule has 100 valence electrons. The van der Waals surface area contributed by atoms with Gasteiger partial charge < -0.3 is 0 Å². The first-order valence-electron chi connectivity index (χ1n) is 6.70. The van der Waals surface area contributed by atoms with Crippen molar-refractivity contribution >= 4 is 38.1 Å². The van der Waals surface area contributed by atoms with Gasteiger partial charge in [0.15, 0.2) is 5.01 Å². The number of nitrogens with zero attached hydrogens (tertiary/aromatic N) is 1. The van der Waals surface area contributed by atoms with Crippen LogP contribution in [0.2, 0.25) is 0 Å². The quantitative estimate of drug-likeness (QED) is 0.501. The van der Waals surface area contributed by atoms with Crippen LogP contribution in [0.3, 0.4) is 0 Å². The van der Waals surface area contributed by atoms with Crippen LogP contribution in [-0.2, 0) is 0 Å². The van der Waals surface area contributed by atoms with Crippen LogP contribution in [0.25, 0.3) is 21.0 Å². The summed E-state index contributed by atoms with van der Waals surface area (Å²) < 4.78 is 1.05. The van der Waals surface area contributed by atoms with E-state index < -0.39 is 0 Å². The third-order valence-corrected chi connectivity index (χ3v) is 4.50. The average molecular weight is 289 g/mol. The van der Waals surface area contributed by atoms with Crippen LogP contribution >= 0.6 is 11.3 Å². The number of aromatic nitrogens is 1. The van der Waals surface area contributed by atoms with Crippen LogP contribution in [0.4, 0.5) is 0 Å². The SMILES string of the molecule is O=C(c1ccccc1)c1nc2cc3ccccc3cc2s1. The van der Waals surface area contributed by atoms with Gasteiger partial charge in [-0.05, 0) is 22.9 Å². The van der Waals surface area contributed by atoms with Gasteiger partial charge in [-0.3, -0.25) is 4.79 Å². The number of fused-ring (bicyclic) bond motifs is 2. The van der Waals surface area contributed by atoms with Crippen molar-refractivity contribution in [2.24, 2.45) is 0 Å². The summed E-state index contributed by atoms with van der Waals surface area (Å²) in [4.78, 5) is 17.0. The topological polar surface area (TPSA) is 30.0 Å². The highest BCUT2D eigenvalue weighted by Gasteiger charge is 2.14. The first kappa shape index (κ1) is 12.2. The monoisotopic (exact) mass is 289 g/mol. The summed E-state index contributed by atoms with van der Waals surface area (Å²) in [7, 11) is 0. The lowest BCUT2D eigenvalue weighted by atomic mass is 10.1. The summed E-state index contributed by atoms with van der Waals surface area (Å²) in [6.07, 6.45) is 0. The second-order valence-corrected chi connectivity index (χ2v) is 5.91. The smallest absolute Gasteiger partial charge is 0.221 e. The number of hydrogen-bond donors (Lipinski definition) is 0. The van der Waals surface area contributed by atoms with Crippen LogP contribution < -0.4 is 0 Å². The minimum Gasteiger partial charge on any atom is -0.286 e. The van der Waals surface area contributed by atoms with Crippen LogP contribution in [0.15, 0.2) is 66.7 Å². The van der Waals surface area contributed by atoms with E-state index in [1.165, 1.54) is 16.7 Å². The van der Waals surface area contributed by atoms with Crippen molar-refractivity contribution in [3.05, 3.63) is 77.3 Å². The number of thiazole rings is 1. The number of ketones is 1. The summed E-state index contributed by atoms with van der Waals surface area (Å²) in [6.45, 7) is 0. The Hall–Kier alpha value is -2.52. The van der Waals surface area contributed by atoms with Crippen molar-refractivity contribution in [1.82, 2.24) is 4.98 Å². The van der Waals surface area contributed by atoms with E-state index in [1.54, 1.807) is 0 Å². The molecule has 4 rings (SSSR count). The molecule has 4 aromatic rings. The Balaban J connectivity index is 1.87. The number of carbonyl (C=O) groups excluding carboxylic acids is 1. The van der Waals surface area contributed by atoms with Gasteiger partial charge in [-0.1, -0.05) is 54.6 Å². The molecule has 2 nitrogen and oxygen atoms in total. The molecular weight excluding hydrogens is 278 g/mol. The van der Waals surface area contributed by atoms with Gasteiger partial charge in [0, 0.05) is 5.56 Å². The highest BCUT2D eigenvalue weighted by atomic mass is 32.1. The molecule has 0 radical (unpaired) electrons. The predicted octanol–water partition coefficient (Wildman–Crippen LogP) is 4.68. The van der Waals surface area contributed by atoms with E-state index in [9.17, 15) is 4.79 Å². The number of rotatable bonds is 2. The summed E-state index contributed by atoms with van der Waals surface area (Å²) in [5, 5.41) is 2.87. The first-order chi connectivity index (χ1) is 10.3. The molecular formula is C18H11NOS. The normalized spacial score (nSPS) is 11.0. The van der Waals surface area contributed by atoms with E-state index in [1.807, 2.05) is 48.5 Å². The standard InChI is InChI=1S/C18H11NOS/c20-17(12-6-2-1-3-7-12)18-19-15-10-13-8-4-5-9-14(13)11-16(15)21-18/h1-11H. The van der Waals surface area contributed by atoms with E-state index in [0.29, 0.717) is 10.6 Å². The number of benzene rings is 3. The number of carbonyl (C=O) groups is 1. The van der Waals surface area contributed by atoms with Crippen molar-refractivity contribution in [3.8, 4) is 0 Å². The predicted molar refractivity (Wildman–Crippen MR) is 87.0 cm³/mol. The van der Waals surface area contributed by atoms with Crippen LogP contribution in [0, 0.1) is 0 Å². The van der Waals surface area contributed by atoms with E-state index in [4.69, 9.17) is 0 Å². The van der Waals surface area contributed by atoms with Gasteiger partial charge in [-0.15, -0.1) is 11.3 Å². The second kappa shape index (κ2) is 4.79. The number of hydrogen-bond acceptors (Lipinski definition) is 3. The molecule has 0 spiro atoms. The third-order valence-electron chi connectivity index (χ3n) is 3.49. The van der Waals surface area contributed by atoms with Crippen molar-refractivity contribution in [3.63, 3.8) is 0 Å². The van der Waals surface area contributed by atoms with E-state index in [2.05, 4.69) is 23.2 Å². The molecule has 0 aliphatic heterocycles. The molecule has 0 amide bonds. The fraction of sp³-hybridized carbons (Fsp3) is 0. The Morgan fingerprint density at radius 2 is 1.52 bits per heavy atom. The Morgan fingerprint density at radius 1 is 0.857 bits per heavy atom. The molecule has 0 saturated heterocycles. The van der Waals surface area contributed by atoms with E-state index in [-0.39, 0.29) is 5.78 Å². The third kappa shape index (κ3) is 2.12. The van der Waals surface area contributed by atoms with Crippen LogP contribution in [0.5, 0.6) is 0 Å². The molecule has 1 heterocycles. The van der Waals surface area contributed by atoms with Crippen LogP contribution in [-0.4, -0.2) is 10.8 Å². The van der Waals surface area contributed by atoms with Crippen molar-refractivity contribution < 1.29 is 4.79 Å². The van der Waals surface area contributed by atoms with Gasteiger partial charge in [0.1, 0.15) is 0 Å². The van der Waals surface area contributed by atoms with Gasteiger partial charge >= 0.3 is 0 Å². The van der Waals surface area contributed by atoms with Crippen LogP contribution in [0.1, 0.15) is 15.4 Å². The molecule has 0 atom stereocenters. The summed E-state index contributed by atoms with van der Waals surface area (Å²) in [6, 6.07) is 21.6. The molecule has 0 saturated carbocycles. The molecule has 0 aliphatic carbocycles. The first-order valence-corrected chi connectivity index (χ1v) is 7.52. The summed E-state index contributed by atoms with van der Waals surface area (Å²) in [5.41, 5.74) is 1.57. The minimum atomic E-state index is -0.0131. The Morgan fingerprint density at radius 3 is 2.29 bits per heavy atom. The average Bonchev–Trinajstić information content (AvgIpc) is 2.95. The molecule has 0 fully saturated rings. The van der Waals surface area contributed by atoms with E-state index in [0.717, 1.165) is 15.6 Å². The molecule has 0 N–H and O–H groups in total. The lowest BCUT2D eigenvalue weighted by molar-refractivity contribution is 0.103. The lowest BCUT2D eigenvalue weighted by Crippen LogP contribution is -1.99. The van der Waals surface area contributed by atoms with Crippen molar-refractivity contribution in [2.45, 2.75) is 0 Å². The Labute approximate surface area is 125 Å². The molecule has 0 bridgehead atoms. The van der Waals surface area contributed by atoms with Gasteiger partial charge in [0.25, 0.3) is 0 Å². The molecule has 3 heteroatoms. The zero-order valence-corrected chi connectivity index (χ0v) is 11.9. The molecule has 0 unspecified atom stereocenters. The maximum absolute atomic E-state index is 12.5. The largest absolute Gasteiger partial charge is 0.286 e. The Kier molecular flexibility index (Phi) is 2.79. The molecule has 1 aromatic heterocycles. The highest BCUT2D eigenvalue weighted by molar-refractivity contribution is 7.20. The highest BCUT2D eigenvalue weighted by Crippen LogP contribution is 2.28. The summed E-state index contributed by atoms with van der Waals surface area (Å²) >= 11 is 1.45. The van der Waals surface area contributed by atoms with Crippen molar-refractivity contribution in [1.29, 1.82) is 0 Å². The van der Waals surface area contributed by atoms with Gasteiger partial charge in [0.05, 0.1) is 10.2 Å². The fourth-order valence-corrected chi connectivity index (χ4v) is 3.38. The maximum Gasteiger partial charge on any atom is 0.221 e. The fourth-order valence-electron chi connectivity index (χ4n) is 2.42. The van der Waals surface area contributed by atoms with Gasteiger partial charge in [-0.2, -0.15) is 0 Å². The lowest BCUT2D eigenvalue weighted by Gasteiger charge is -1.95. The van der Waals surface area contributed by atoms with Gasteiger partial charge in [0.2, 0.25) is 5.78 Å². The zero-order valence-electron chi connectivity index (χ0n) is 11.1.